The van der Waals surface area contributed by atoms with E-state index in [1.54, 1.807) is 17.0 Å². The van der Waals surface area contributed by atoms with Gasteiger partial charge < -0.3 is 19.9 Å². The zero-order valence-corrected chi connectivity index (χ0v) is 15.8. The van der Waals surface area contributed by atoms with Crippen LogP contribution in [0.2, 0.25) is 5.02 Å². The lowest BCUT2D eigenvalue weighted by Gasteiger charge is -2.33. The Morgan fingerprint density at radius 1 is 1.15 bits per heavy atom. The molecule has 0 unspecified atom stereocenters. The Morgan fingerprint density at radius 2 is 1.85 bits per heavy atom. The number of carbonyl (C=O) groups excluding carboxylic acids is 1. The first kappa shape index (κ1) is 18.5. The van der Waals surface area contributed by atoms with Crippen molar-refractivity contribution in [3.63, 3.8) is 0 Å². The molecule has 2 aromatic rings. The first-order valence-electron chi connectivity index (χ1n) is 9.01. The van der Waals surface area contributed by atoms with Gasteiger partial charge in [0, 0.05) is 11.4 Å². The fourth-order valence-corrected chi connectivity index (χ4v) is 3.28. The van der Waals surface area contributed by atoms with Crippen LogP contribution in [-0.4, -0.2) is 45.2 Å². The van der Waals surface area contributed by atoms with E-state index in [1.807, 2.05) is 24.3 Å². The van der Waals surface area contributed by atoms with Gasteiger partial charge in [-0.15, -0.1) is 0 Å². The van der Waals surface area contributed by atoms with Gasteiger partial charge in [-0.2, -0.15) is 0 Å². The molecule has 1 saturated heterocycles. The first-order valence-corrected chi connectivity index (χ1v) is 9.39. The van der Waals surface area contributed by atoms with Gasteiger partial charge >= 0.3 is 0 Å². The van der Waals surface area contributed by atoms with E-state index in [0.29, 0.717) is 10.8 Å². The lowest BCUT2D eigenvalue weighted by atomic mass is 10.2. The molecule has 1 aliphatic heterocycles. The number of nitrogens with zero attached hydrogens (tertiary/aromatic N) is 1. The average Bonchev–Trinajstić information content (AvgIpc) is 2.68. The summed E-state index contributed by atoms with van der Waals surface area (Å²) in [5.74, 6) is 0.297. The van der Waals surface area contributed by atoms with Crippen LogP contribution in [0, 0.1) is 0 Å². The van der Waals surface area contributed by atoms with E-state index < -0.39 is 0 Å². The molecule has 1 aliphatic rings. The molecule has 3 rings (SSSR count). The van der Waals surface area contributed by atoms with Gasteiger partial charge in [-0.1, -0.05) is 23.7 Å². The highest BCUT2D eigenvalue weighted by Gasteiger charge is 2.18. The molecular formula is C20H25ClN3O2+. The SMILES string of the molecule is CC[NH+]1CCN(c2ccc(NC(=O)COc3ccccc3Cl)cc2)CC1. The molecular weight excluding hydrogens is 350 g/mol. The molecule has 2 N–H and O–H groups in total. The van der Waals surface area contributed by atoms with Crippen molar-refractivity contribution in [1.82, 2.24) is 0 Å². The van der Waals surface area contributed by atoms with E-state index in [-0.39, 0.29) is 12.5 Å². The van der Waals surface area contributed by atoms with Crippen LogP contribution >= 0.6 is 11.6 Å². The molecule has 0 atom stereocenters. The first-order chi connectivity index (χ1) is 12.7. The Morgan fingerprint density at radius 3 is 2.50 bits per heavy atom. The maximum Gasteiger partial charge on any atom is 0.262 e. The Labute approximate surface area is 159 Å². The zero-order chi connectivity index (χ0) is 18.4. The van der Waals surface area contributed by atoms with E-state index in [2.05, 4.69) is 29.3 Å². The molecule has 0 radical (unpaired) electrons. The van der Waals surface area contributed by atoms with Crippen molar-refractivity contribution in [2.24, 2.45) is 0 Å². The van der Waals surface area contributed by atoms with Gasteiger partial charge in [0.25, 0.3) is 5.91 Å². The summed E-state index contributed by atoms with van der Waals surface area (Å²) in [6.07, 6.45) is 0. The second-order valence-corrected chi connectivity index (χ2v) is 6.81. The van der Waals surface area contributed by atoms with E-state index in [1.165, 1.54) is 25.3 Å². The van der Waals surface area contributed by atoms with E-state index >= 15 is 0 Å². The number of ether oxygens (including phenoxy) is 1. The minimum absolute atomic E-state index is 0.0762. The third-order valence-corrected chi connectivity index (χ3v) is 4.99. The van der Waals surface area contributed by atoms with Crippen LogP contribution < -0.4 is 19.9 Å². The van der Waals surface area contributed by atoms with Gasteiger partial charge in [0.2, 0.25) is 0 Å². The van der Waals surface area contributed by atoms with Crippen molar-refractivity contribution in [3.05, 3.63) is 53.6 Å². The number of nitrogens with one attached hydrogen (secondary N) is 2. The molecule has 2 aromatic carbocycles. The topological polar surface area (TPSA) is 46.0 Å². The lowest BCUT2D eigenvalue weighted by molar-refractivity contribution is -0.898. The summed E-state index contributed by atoms with van der Waals surface area (Å²) < 4.78 is 5.46. The molecule has 1 fully saturated rings. The number of piperazine rings is 1. The highest BCUT2D eigenvalue weighted by Crippen LogP contribution is 2.23. The number of quaternary nitrogens is 1. The maximum absolute atomic E-state index is 12.1. The minimum Gasteiger partial charge on any atom is -0.482 e. The predicted molar refractivity (Wildman–Crippen MR) is 105 cm³/mol. The maximum atomic E-state index is 12.1. The van der Waals surface area contributed by atoms with Gasteiger partial charge in [-0.3, -0.25) is 4.79 Å². The van der Waals surface area contributed by atoms with Crippen molar-refractivity contribution >= 4 is 28.9 Å². The number of hydrogen-bond donors (Lipinski definition) is 2. The summed E-state index contributed by atoms with van der Waals surface area (Å²) in [6, 6.07) is 15.1. The third-order valence-electron chi connectivity index (χ3n) is 4.68. The molecule has 0 saturated carbocycles. The van der Waals surface area contributed by atoms with Crippen LogP contribution in [-0.2, 0) is 4.79 Å². The van der Waals surface area contributed by atoms with Crippen molar-refractivity contribution in [2.75, 3.05) is 49.5 Å². The molecule has 1 amide bonds. The van der Waals surface area contributed by atoms with E-state index in [0.717, 1.165) is 18.8 Å². The summed E-state index contributed by atoms with van der Waals surface area (Å²) in [7, 11) is 0. The quantitative estimate of drug-likeness (QED) is 0.813. The Kier molecular flexibility index (Phi) is 6.36. The summed E-state index contributed by atoms with van der Waals surface area (Å²) >= 11 is 6.01. The summed E-state index contributed by atoms with van der Waals surface area (Å²) in [5.41, 5.74) is 1.96. The fourth-order valence-electron chi connectivity index (χ4n) is 3.09. The largest absolute Gasteiger partial charge is 0.482 e. The van der Waals surface area contributed by atoms with Gasteiger partial charge in [-0.25, -0.2) is 0 Å². The van der Waals surface area contributed by atoms with Gasteiger partial charge in [0.1, 0.15) is 5.75 Å². The summed E-state index contributed by atoms with van der Waals surface area (Å²) in [6.45, 7) is 7.84. The number of hydrogen-bond acceptors (Lipinski definition) is 3. The molecule has 0 aromatic heterocycles. The molecule has 138 valence electrons. The monoisotopic (exact) mass is 374 g/mol. The van der Waals surface area contributed by atoms with E-state index in [9.17, 15) is 4.79 Å². The number of rotatable bonds is 6. The fraction of sp³-hybridized carbons (Fsp3) is 0.350. The van der Waals surface area contributed by atoms with Crippen LogP contribution in [0.25, 0.3) is 0 Å². The number of carbonyl (C=O) groups is 1. The van der Waals surface area contributed by atoms with Gasteiger partial charge in [0.15, 0.2) is 6.61 Å². The molecule has 5 nitrogen and oxygen atoms in total. The highest BCUT2D eigenvalue weighted by molar-refractivity contribution is 6.32. The van der Waals surface area contributed by atoms with Crippen molar-refractivity contribution in [3.8, 4) is 5.75 Å². The molecule has 0 aliphatic carbocycles. The van der Waals surface area contributed by atoms with Crippen LogP contribution in [0.15, 0.2) is 48.5 Å². The Balaban J connectivity index is 1.49. The number of para-hydroxylation sites is 1. The van der Waals surface area contributed by atoms with Crippen LogP contribution in [0.4, 0.5) is 11.4 Å². The second-order valence-electron chi connectivity index (χ2n) is 6.40. The zero-order valence-electron chi connectivity index (χ0n) is 15.0. The van der Waals surface area contributed by atoms with Crippen molar-refractivity contribution < 1.29 is 14.4 Å². The van der Waals surface area contributed by atoms with Crippen LogP contribution in [0.1, 0.15) is 6.92 Å². The van der Waals surface area contributed by atoms with Gasteiger partial charge in [-0.05, 0) is 43.3 Å². The highest BCUT2D eigenvalue weighted by atomic mass is 35.5. The second kappa shape index (κ2) is 8.92. The van der Waals surface area contributed by atoms with Crippen molar-refractivity contribution in [2.45, 2.75) is 6.92 Å². The molecule has 0 bridgehead atoms. The third kappa shape index (κ3) is 4.90. The minimum atomic E-state index is -0.210. The smallest absolute Gasteiger partial charge is 0.262 e. The molecule has 6 heteroatoms. The van der Waals surface area contributed by atoms with Gasteiger partial charge in [0.05, 0.1) is 37.7 Å². The molecule has 26 heavy (non-hydrogen) atoms. The lowest BCUT2D eigenvalue weighted by Crippen LogP contribution is -3.14. The molecule has 1 heterocycles. The molecule has 0 spiro atoms. The Bertz CT molecular complexity index is 728. The van der Waals surface area contributed by atoms with Crippen LogP contribution in [0.3, 0.4) is 0 Å². The summed E-state index contributed by atoms with van der Waals surface area (Å²) in [5, 5.41) is 3.34. The number of amides is 1. The van der Waals surface area contributed by atoms with Crippen molar-refractivity contribution in [1.29, 1.82) is 0 Å². The number of anilines is 2. The summed E-state index contributed by atoms with van der Waals surface area (Å²) in [4.78, 5) is 16.1. The number of likely N-dealkylation sites (N-methyl/N-ethyl adjacent to an activating group) is 1. The average molecular weight is 375 g/mol. The van der Waals surface area contributed by atoms with Crippen LogP contribution in [0.5, 0.6) is 5.75 Å². The number of benzene rings is 2. The predicted octanol–water partition coefficient (Wildman–Crippen LogP) is 2.08. The number of halogens is 1. The van der Waals surface area contributed by atoms with E-state index in [4.69, 9.17) is 16.3 Å². The Hall–Kier alpha value is -2.24. The standard InChI is InChI=1S/C20H24ClN3O2/c1-2-23-11-13-24(14-12-23)17-9-7-16(8-10-17)22-20(25)15-26-19-6-4-3-5-18(19)21/h3-10H,2,11-15H2,1H3,(H,22,25)/p+1. The normalized spacial score (nSPS) is 14.9.